The Morgan fingerprint density at radius 2 is 2.12 bits per heavy atom. The molecule has 2 saturated carbocycles. The first-order valence-corrected chi connectivity index (χ1v) is 6.32. The SMILES string of the molecule is N#CCCN(CC(O)CNC1CC1)C1CC1. The molecule has 0 aliphatic heterocycles. The molecule has 2 fully saturated rings. The van der Waals surface area contributed by atoms with Crippen LogP contribution in [0.5, 0.6) is 0 Å². The number of hydrogen-bond acceptors (Lipinski definition) is 4. The van der Waals surface area contributed by atoms with E-state index in [-0.39, 0.29) is 6.10 Å². The summed E-state index contributed by atoms with van der Waals surface area (Å²) in [7, 11) is 0. The van der Waals surface area contributed by atoms with Gasteiger partial charge < -0.3 is 10.4 Å². The summed E-state index contributed by atoms with van der Waals surface area (Å²) in [5, 5.41) is 21.8. The van der Waals surface area contributed by atoms with E-state index in [2.05, 4.69) is 16.3 Å². The monoisotopic (exact) mass is 223 g/mol. The number of nitrogens with one attached hydrogen (secondary N) is 1. The van der Waals surface area contributed by atoms with E-state index in [1.54, 1.807) is 0 Å². The van der Waals surface area contributed by atoms with Crippen molar-refractivity contribution in [1.82, 2.24) is 10.2 Å². The quantitative estimate of drug-likeness (QED) is 0.628. The molecule has 4 nitrogen and oxygen atoms in total. The van der Waals surface area contributed by atoms with Crippen LogP contribution >= 0.6 is 0 Å². The summed E-state index contributed by atoms with van der Waals surface area (Å²) in [5.41, 5.74) is 0. The molecule has 0 aromatic carbocycles. The molecule has 0 amide bonds. The summed E-state index contributed by atoms with van der Waals surface area (Å²) in [6.45, 7) is 2.22. The van der Waals surface area contributed by atoms with Crippen molar-refractivity contribution in [3.05, 3.63) is 0 Å². The molecule has 0 heterocycles. The minimum Gasteiger partial charge on any atom is -0.390 e. The van der Waals surface area contributed by atoms with E-state index < -0.39 is 0 Å². The maximum absolute atomic E-state index is 9.89. The molecule has 1 atom stereocenters. The second-order valence-corrected chi connectivity index (χ2v) is 4.97. The van der Waals surface area contributed by atoms with E-state index in [0.29, 0.717) is 31.6 Å². The Morgan fingerprint density at radius 1 is 1.38 bits per heavy atom. The molecule has 2 aliphatic rings. The fraction of sp³-hybridized carbons (Fsp3) is 0.917. The molecular weight excluding hydrogens is 202 g/mol. The maximum Gasteiger partial charge on any atom is 0.0791 e. The Balaban J connectivity index is 1.64. The van der Waals surface area contributed by atoms with Crippen molar-refractivity contribution >= 4 is 0 Å². The molecule has 16 heavy (non-hydrogen) atoms. The Hall–Kier alpha value is -0.630. The molecule has 4 heteroatoms. The molecule has 2 aliphatic carbocycles. The Morgan fingerprint density at radius 3 is 2.69 bits per heavy atom. The Kier molecular flexibility index (Phi) is 4.16. The zero-order valence-electron chi connectivity index (χ0n) is 9.73. The van der Waals surface area contributed by atoms with Gasteiger partial charge in [0.1, 0.15) is 0 Å². The van der Waals surface area contributed by atoms with Crippen LogP contribution in [0.25, 0.3) is 0 Å². The summed E-state index contributed by atoms with van der Waals surface area (Å²) in [5.74, 6) is 0. The lowest BCUT2D eigenvalue weighted by Crippen LogP contribution is -2.40. The molecule has 90 valence electrons. The van der Waals surface area contributed by atoms with Gasteiger partial charge >= 0.3 is 0 Å². The van der Waals surface area contributed by atoms with E-state index in [4.69, 9.17) is 5.26 Å². The Bertz CT molecular complexity index is 255. The summed E-state index contributed by atoms with van der Waals surface area (Å²) in [4.78, 5) is 2.27. The summed E-state index contributed by atoms with van der Waals surface area (Å²) in [6.07, 6.45) is 5.25. The van der Waals surface area contributed by atoms with Crippen LogP contribution in [0.1, 0.15) is 32.1 Å². The first-order valence-electron chi connectivity index (χ1n) is 6.32. The fourth-order valence-electron chi connectivity index (χ4n) is 1.98. The second-order valence-electron chi connectivity index (χ2n) is 4.97. The topological polar surface area (TPSA) is 59.3 Å². The number of nitriles is 1. The van der Waals surface area contributed by atoms with Crippen molar-refractivity contribution in [2.75, 3.05) is 19.6 Å². The third-order valence-electron chi connectivity index (χ3n) is 3.24. The summed E-state index contributed by atoms with van der Waals surface area (Å²) in [6, 6.07) is 3.46. The highest BCUT2D eigenvalue weighted by atomic mass is 16.3. The van der Waals surface area contributed by atoms with Gasteiger partial charge in [-0.3, -0.25) is 4.90 Å². The molecule has 2 N–H and O–H groups in total. The predicted molar refractivity (Wildman–Crippen MR) is 61.9 cm³/mol. The largest absolute Gasteiger partial charge is 0.390 e. The normalized spacial score (nSPS) is 22.1. The molecule has 0 aromatic heterocycles. The van der Waals surface area contributed by atoms with Gasteiger partial charge in [0, 0.05) is 38.1 Å². The van der Waals surface area contributed by atoms with Gasteiger partial charge in [-0.2, -0.15) is 5.26 Å². The number of aliphatic hydroxyl groups is 1. The first-order chi connectivity index (χ1) is 7.79. The summed E-state index contributed by atoms with van der Waals surface area (Å²) >= 11 is 0. The van der Waals surface area contributed by atoms with E-state index in [9.17, 15) is 5.11 Å². The van der Waals surface area contributed by atoms with E-state index in [0.717, 1.165) is 6.54 Å². The van der Waals surface area contributed by atoms with Gasteiger partial charge in [-0.15, -0.1) is 0 Å². The molecule has 0 saturated heterocycles. The number of aliphatic hydroxyl groups excluding tert-OH is 1. The highest BCUT2D eigenvalue weighted by molar-refractivity contribution is 4.88. The van der Waals surface area contributed by atoms with Crippen molar-refractivity contribution in [1.29, 1.82) is 5.26 Å². The van der Waals surface area contributed by atoms with Crippen molar-refractivity contribution in [3.8, 4) is 6.07 Å². The average molecular weight is 223 g/mol. The van der Waals surface area contributed by atoms with E-state index in [1.807, 2.05) is 0 Å². The number of nitrogens with zero attached hydrogens (tertiary/aromatic N) is 2. The van der Waals surface area contributed by atoms with Gasteiger partial charge in [-0.1, -0.05) is 0 Å². The van der Waals surface area contributed by atoms with Gasteiger partial charge in [0.25, 0.3) is 0 Å². The predicted octanol–water partition coefficient (Wildman–Crippen LogP) is 0.477. The zero-order chi connectivity index (χ0) is 11.4. The minimum absolute atomic E-state index is 0.292. The van der Waals surface area contributed by atoms with Crippen molar-refractivity contribution < 1.29 is 5.11 Å². The van der Waals surface area contributed by atoms with Gasteiger partial charge in [0.2, 0.25) is 0 Å². The van der Waals surface area contributed by atoms with Crippen LogP contribution in [0, 0.1) is 11.3 Å². The molecule has 0 spiro atoms. The van der Waals surface area contributed by atoms with Crippen LogP contribution in [-0.2, 0) is 0 Å². The number of hydrogen-bond donors (Lipinski definition) is 2. The van der Waals surface area contributed by atoms with Gasteiger partial charge in [-0.25, -0.2) is 0 Å². The van der Waals surface area contributed by atoms with Crippen LogP contribution in [0.3, 0.4) is 0 Å². The molecule has 0 aromatic rings. The van der Waals surface area contributed by atoms with Crippen LogP contribution in [0.15, 0.2) is 0 Å². The summed E-state index contributed by atoms with van der Waals surface area (Å²) < 4.78 is 0. The molecule has 2 rings (SSSR count). The van der Waals surface area contributed by atoms with Gasteiger partial charge in [-0.05, 0) is 25.7 Å². The van der Waals surface area contributed by atoms with Crippen LogP contribution < -0.4 is 5.32 Å². The number of rotatable bonds is 8. The fourth-order valence-corrected chi connectivity index (χ4v) is 1.98. The van der Waals surface area contributed by atoms with Crippen LogP contribution in [-0.4, -0.2) is 47.8 Å². The van der Waals surface area contributed by atoms with E-state index >= 15 is 0 Å². The maximum atomic E-state index is 9.89. The van der Waals surface area contributed by atoms with Crippen molar-refractivity contribution in [3.63, 3.8) is 0 Å². The first kappa shape index (κ1) is 11.8. The lowest BCUT2D eigenvalue weighted by Gasteiger charge is -2.24. The Labute approximate surface area is 97.2 Å². The average Bonchev–Trinajstić information content (AvgIpc) is 3.15. The van der Waals surface area contributed by atoms with Crippen molar-refractivity contribution in [2.24, 2.45) is 0 Å². The third-order valence-corrected chi connectivity index (χ3v) is 3.24. The standard InChI is InChI=1S/C12H21N3O/c13-6-1-7-15(11-4-5-11)9-12(16)8-14-10-2-3-10/h10-12,14,16H,1-5,7-9H2. The van der Waals surface area contributed by atoms with Crippen LogP contribution in [0.2, 0.25) is 0 Å². The molecular formula is C12H21N3O. The molecule has 0 bridgehead atoms. The smallest absolute Gasteiger partial charge is 0.0791 e. The highest BCUT2D eigenvalue weighted by Crippen LogP contribution is 2.27. The second kappa shape index (κ2) is 5.62. The van der Waals surface area contributed by atoms with Gasteiger partial charge in [0.05, 0.1) is 12.2 Å². The van der Waals surface area contributed by atoms with Gasteiger partial charge in [0.15, 0.2) is 0 Å². The van der Waals surface area contributed by atoms with Crippen molar-refractivity contribution in [2.45, 2.75) is 50.3 Å². The zero-order valence-corrected chi connectivity index (χ0v) is 9.73. The lowest BCUT2D eigenvalue weighted by molar-refractivity contribution is 0.108. The highest BCUT2D eigenvalue weighted by Gasteiger charge is 2.30. The minimum atomic E-state index is -0.292. The van der Waals surface area contributed by atoms with E-state index in [1.165, 1.54) is 25.7 Å². The molecule has 1 unspecified atom stereocenters. The van der Waals surface area contributed by atoms with Crippen LogP contribution in [0.4, 0.5) is 0 Å². The molecule has 0 radical (unpaired) electrons. The third kappa shape index (κ3) is 4.09. The lowest BCUT2D eigenvalue weighted by atomic mass is 10.3.